The highest BCUT2D eigenvalue weighted by Crippen LogP contribution is 2.66. The van der Waals surface area contributed by atoms with Crippen LogP contribution >= 0.6 is 0 Å². The summed E-state index contributed by atoms with van der Waals surface area (Å²) in [6.07, 6.45) is -8.19. The molecular weight excluding hydrogens is 568 g/mol. The summed E-state index contributed by atoms with van der Waals surface area (Å²) in [6.45, 7) is 12.5. The topological polar surface area (TPSA) is 184 Å². The Labute approximate surface area is 250 Å². The van der Waals surface area contributed by atoms with Crippen LogP contribution < -0.4 is 0 Å². The molecule has 0 aromatic rings. The van der Waals surface area contributed by atoms with E-state index in [2.05, 4.69) is 0 Å². The molecule has 4 aliphatic rings. The molecule has 1 saturated heterocycles. The lowest BCUT2D eigenvalue weighted by Crippen LogP contribution is -2.76. The lowest BCUT2D eigenvalue weighted by molar-refractivity contribution is -0.283. The van der Waals surface area contributed by atoms with E-state index in [1.165, 1.54) is 20.8 Å². The monoisotopic (exact) mass is 610 g/mol. The Morgan fingerprint density at radius 2 is 1.28 bits per heavy atom. The number of carbonyl (C=O) groups is 5. The molecule has 0 aromatic heterocycles. The standard InChI is InChI=1S/C30H42O13/c1-13-19(39-14(2)31)11-30(37)26(43-18(6)35)24-28(9,20(36)10-21(40-15(3)32)29(24)12-38-29)25(42-17(5)34)23(41-16(4)33)22(13)27(30,7)8/h19-21,23-26,36-37H,10-12H2,1-9H3/t19-,20-,21-,23+,24-,25-,26-,28+,29+,30+/m0/s1. The van der Waals surface area contributed by atoms with Crippen molar-refractivity contribution in [2.24, 2.45) is 16.7 Å². The number of esters is 5. The molecule has 1 heterocycles. The van der Waals surface area contributed by atoms with E-state index < -0.39 is 94.4 Å². The minimum atomic E-state index is -2.05. The van der Waals surface area contributed by atoms with Crippen LogP contribution in [0.2, 0.25) is 0 Å². The average Bonchev–Trinajstić information content (AvgIpc) is 3.63. The van der Waals surface area contributed by atoms with Gasteiger partial charge in [0.1, 0.15) is 29.5 Å². The average molecular weight is 611 g/mol. The van der Waals surface area contributed by atoms with Gasteiger partial charge >= 0.3 is 29.8 Å². The van der Waals surface area contributed by atoms with Gasteiger partial charge in [-0.25, -0.2) is 0 Å². The van der Waals surface area contributed by atoms with Crippen molar-refractivity contribution in [3.05, 3.63) is 11.1 Å². The van der Waals surface area contributed by atoms with E-state index in [9.17, 15) is 34.2 Å². The van der Waals surface area contributed by atoms with Gasteiger partial charge in [-0.05, 0) is 18.1 Å². The van der Waals surface area contributed by atoms with Gasteiger partial charge in [0, 0.05) is 64.2 Å². The highest BCUT2D eigenvalue weighted by atomic mass is 16.6. The molecule has 3 fully saturated rings. The molecule has 2 N–H and O–H groups in total. The maximum Gasteiger partial charge on any atom is 0.303 e. The smallest absolute Gasteiger partial charge is 0.303 e. The first kappa shape index (κ1) is 32.9. The summed E-state index contributed by atoms with van der Waals surface area (Å²) in [6, 6.07) is 0. The van der Waals surface area contributed by atoms with Gasteiger partial charge in [-0.15, -0.1) is 0 Å². The summed E-state index contributed by atoms with van der Waals surface area (Å²) < 4.78 is 35.2. The van der Waals surface area contributed by atoms with Gasteiger partial charge in [0.15, 0.2) is 12.2 Å². The first-order valence-electron chi connectivity index (χ1n) is 14.4. The Hall–Kier alpha value is -3.03. The van der Waals surface area contributed by atoms with E-state index in [4.69, 9.17) is 28.4 Å². The third kappa shape index (κ3) is 5.12. The summed E-state index contributed by atoms with van der Waals surface area (Å²) in [7, 11) is 0. The first-order chi connectivity index (χ1) is 19.7. The first-order valence-corrected chi connectivity index (χ1v) is 14.4. The number of rotatable bonds is 5. The zero-order valence-electron chi connectivity index (χ0n) is 26.0. The molecule has 0 radical (unpaired) electrons. The van der Waals surface area contributed by atoms with Crippen LogP contribution in [-0.4, -0.2) is 94.5 Å². The fourth-order valence-electron chi connectivity index (χ4n) is 8.07. The number of hydrogen-bond acceptors (Lipinski definition) is 13. The molecule has 1 aliphatic heterocycles. The van der Waals surface area contributed by atoms with Crippen molar-refractivity contribution in [2.45, 2.75) is 123 Å². The maximum absolute atomic E-state index is 12.9. The Kier molecular flexibility index (Phi) is 8.29. The second-order valence-corrected chi connectivity index (χ2v) is 13.0. The van der Waals surface area contributed by atoms with E-state index in [0.717, 1.165) is 13.8 Å². The third-order valence-electron chi connectivity index (χ3n) is 9.98. The number of epoxide rings is 1. The van der Waals surface area contributed by atoms with Crippen molar-refractivity contribution in [3.63, 3.8) is 0 Å². The molecule has 1 spiro atoms. The molecule has 13 heteroatoms. The van der Waals surface area contributed by atoms with E-state index >= 15 is 0 Å². The van der Waals surface area contributed by atoms with Crippen molar-refractivity contribution in [1.29, 1.82) is 0 Å². The number of aliphatic hydroxyl groups excluding tert-OH is 1. The zero-order chi connectivity index (χ0) is 32.4. The molecule has 4 rings (SSSR count). The van der Waals surface area contributed by atoms with Crippen molar-refractivity contribution in [3.8, 4) is 0 Å². The van der Waals surface area contributed by atoms with E-state index in [0.29, 0.717) is 5.57 Å². The van der Waals surface area contributed by atoms with Crippen LogP contribution in [0.1, 0.15) is 75.2 Å². The second kappa shape index (κ2) is 10.8. The van der Waals surface area contributed by atoms with Crippen LogP contribution in [0.3, 0.4) is 0 Å². The highest BCUT2D eigenvalue weighted by molar-refractivity contribution is 5.70. The van der Waals surface area contributed by atoms with Gasteiger partial charge in [-0.3, -0.25) is 24.0 Å². The molecule has 0 aromatic carbocycles. The predicted octanol–water partition coefficient (Wildman–Crippen LogP) is 1.29. The summed E-state index contributed by atoms with van der Waals surface area (Å²) >= 11 is 0. The maximum atomic E-state index is 12.9. The van der Waals surface area contributed by atoms with E-state index in [1.54, 1.807) is 27.7 Å². The molecule has 3 aliphatic carbocycles. The van der Waals surface area contributed by atoms with Gasteiger partial charge in [-0.1, -0.05) is 20.8 Å². The zero-order valence-corrected chi connectivity index (χ0v) is 26.0. The second-order valence-electron chi connectivity index (χ2n) is 13.0. The number of carbonyl (C=O) groups excluding carboxylic acids is 5. The summed E-state index contributed by atoms with van der Waals surface area (Å²) in [5.41, 5.74) is -5.72. The van der Waals surface area contributed by atoms with Gasteiger partial charge in [0.25, 0.3) is 0 Å². The van der Waals surface area contributed by atoms with Gasteiger partial charge in [-0.2, -0.15) is 0 Å². The molecular formula is C30H42O13. The van der Waals surface area contributed by atoms with Gasteiger partial charge < -0.3 is 38.6 Å². The van der Waals surface area contributed by atoms with Gasteiger partial charge in [0.2, 0.25) is 0 Å². The molecule has 43 heavy (non-hydrogen) atoms. The van der Waals surface area contributed by atoms with E-state index in [1.807, 2.05) is 0 Å². The normalized spacial score (nSPS) is 41.1. The lowest BCUT2D eigenvalue weighted by atomic mass is 9.45. The van der Waals surface area contributed by atoms with Crippen LogP contribution in [0.4, 0.5) is 0 Å². The molecule has 2 saturated carbocycles. The van der Waals surface area contributed by atoms with Crippen LogP contribution in [0.25, 0.3) is 0 Å². The molecule has 2 bridgehead atoms. The fraction of sp³-hybridized carbons (Fsp3) is 0.767. The van der Waals surface area contributed by atoms with Crippen LogP contribution in [0.15, 0.2) is 11.1 Å². The van der Waals surface area contributed by atoms with Gasteiger partial charge in [0.05, 0.1) is 12.7 Å². The minimum absolute atomic E-state index is 0.00762. The number of hydrogen-bond donors (Lipinski definition) is 2. The Bertz CT molecular complexity index is 1250. The largest absolute Gasteiger partial charge is 0.459 e. The van der Waals surface area contributed by atoms with Crippen LogP contribution in [-0.2, 0) is 52.4 Å². The predicted molar refractivity (Wildman–Crippen MR) is 145 cm³/mol. The Morgan fingerprint density at radius 3 is 1.74 bits per heavy atom. The summed E-state index contributed by atoms with van der Waals surface area (Å²) in [5, 5.41) is 24.9. The Morgan fingerprint density at radius 1 is 0.791 bits per heavy atom. The van der Waals surface area contributed by atoms with Crippen molar-refractivity contribution >= 4 is 29.8 Å². The summed E-state index contributed by atoms with van der Waals surface area (Å²) in [5.74, 6) is -4.76. The highest BCUT2D eigenvalue weighted by Gasteiger charge is 2.79. The molecule has 13 nitrogen and oxygen atoms in total. The molecule has 0 unspecified atom stereocenters. The van der Waals surface area contributed by atoms with Crippen molar-refractivity contribution in [2.75, 3.05) is 6.61 Å². The number of ether oxygens (including phenoxy) is 6. The molecule has 0 amide bonds. The SMILES string of the molecule is CC(=O)O[C@H]1C[C@@]2(O)[C@@H](OC(C)=O)[C@@H]3[C@@]4(CO4)[C@@H](OC(C)=O)C[C@H](O)[C@@]3(C)[C@@H](OC(C)=O)[C@H](OC(C)=O)C(=C1C)C2(C)C. The summed E-state index contributed by atoms with van der Waals surface area (Å²) in [4.78, 5) is 62.6. The Balaban J connectivity index is 2.15. The quantitative estimate of drug-likeness (QED) is 0.197. The third-order valence-corrected chi connectivity index (χ3v) is 9.98. The van der Waals surface area contributed by atoms with Crippen LogP contribution in [0, 0.1) is 16.7 Å². The van der Waals surface area contributed by atoms with E-state index in [-0.39, 0.29) is 25.0 Å². The lowest BCUT2D eigenvalue weighted by Gasteiger charge is -2.64. The fourth-order valence-corrected chi connectivity index (χ4v) is 8.07. The number of fused-ring (bicyclic) bond motifs is 4. The molecule has 10 atom stereocenters. The molecule has 240 valence electrons. The van der Waals surface area contributed by atoms with Crippen molar-refractivity contribution in [1.82, 2.24) is 0 Å². The van der Waals surface area contributed by atoms with Crippen molar-refractivity contribution < 1.29 is 62.6 Å². The number of aliphatic hydroxyl groups is 2. The minimum Gasteiger partial charge on any atom is -0.459 e. The van der Waals surface area contributed by atoms with Crippen LogP contribution in [0.5, 0.6) is 0 Å².